The Morgan fingerprint density at radius 2 is 1.46 bits per heavy atom. The second-order valence-corrected chi connectivity index (χ2v) is 8.39. The molecule has 3 aromatic carbocycles. The summed E-state index contributed by atoms with van der Waals surface area (Å²) >= 11 is 0. The highest BCUT2D eigenvalue weighted by molar-refractivity contribution is 7.92. The molecule has 1 N–H and O–H groups in total. The van der Waals surface area contributed by atoms with E-state index < -0.39 is 15.9 Å². The van der Waals surface area contributed by atoms with E-state index in [0.717, 1.165) is 15.4 Å². The molecule has 0 fully saturated rings. The van der Waals surface area contributed by atoms with E-state index in [0.29, 0.717) is 11.4 Å². The highest BCUT2D eigenvalue weighted by Gasteiger charge is 2.27. The van der Waals surface area contributed by atoms with Crippen molar-refractivity contribution in [2.75, 3.05) is 16.2 Å². The van der Waals surface area contributed by atoms with Gasteiger partial charge in [0.15, 0.2) is 0 Å². The predicted octanol–water partition coefficient (Wildman–Crippen LogP) is 4.14. The number of benzene rings is 3. The first-order valence-corrected chi connectivity index (χ1v) is 10.3. The van der Waals surface area contributed by atoms with Gasteiger partial charge in [0.25, 0.3) is 10.0 Å². The summed E-state index contributed by atoms with van der Waals surface area (Å²) in [7, 11) is -3.90. The van der Waals surface area contributed by atoms with Crippen molar-refractivity contribution >= 4 is 27.3 Å². The number of para-hydroxylation sites is 2. The van der Waals surface area contributed by atoms with Crippen LogP contribution in [0.1, 0.15) is 11.1 Å². The number of carbonyl (C=O) groups excluding carboxylic acids is 1. The van der Waals surface area contributed by atoms with E-state index in [4.69, 9.17) is 0 Å². The number of sulfonamides is 1. The van der Waals surface area contributed by atoms with Gasteiger partial charge in [0, 0.05) is 5.69 Å². The topological polar surface area (TPSA) is 66.5 Å². The Hall–Kier alpha value is -3.12. The summed E-state index contributed by atoms with van der Waals surface area (Å²) in [6.07, 6.45) is 0. The van der Waals surface area contributed by atoms with E-state index in [1.165, 1.54) is 0 Å². The van der Waals surface area contributed by atoms with Crippen LogP contribution in [0.15, 0.2) is 83.8 Å². The largest absolute Gasteiger partial charge is 0.324 e. The molecule has 1 amide bonds. The second kappa shape index (κ2) is 8.27. The number of rotatable bonds is 6. The minimum absolute atomic E-state index is 0.144. The van der Waals surface area contributed by atoms with Gasteiger partial charge in [-0.1, -0.05) is 54.1 Å². The lowest BCUT2D eigenvalue weighted by atomic mass is 10.2. The third kappa shape index (κ3) is 4.40. The molecule has 0 heterocycles. The van der Waals surface area contributed by atoms with Gasteiger partial charge in [0.1, 0.15) is 6.54 Å². The Morgan fingerprint density at radius 3 is 2.11 bits per heavy atom. The number of hydrogen-bond acceptors (Lipinski definition) is 3. The van der Waals surface area contributed by atoms with Crippen molar-refractivity contribution < 1.29 is 13.2 Å². The lowest BCUT2D eigenvalue weighted by molar-refractivity contribution is -0.114. The number of anilines is 2. The third-order valence-electron chi connectivity index (χ3n) is 4.36. The van der Waals surface area contributed by atoms with Crippen molar-refractivity contribution in [3.05, 3.63) is 90.0 Å². The van der Waals surface area contributed by atoms with E-state index in [1.54, 1.807) is 60.7 Å². The van der Waals surface area contributed by atoms with Crippen molar-refractivity contribution in [1.82, 2.24) is 0 Å². The highest BCUT2D eigenvalue weighted by Crippen LogP contribution is 2.24. The Labute approximate surface area is 165 Å². The molecule has 0 aliphatic heterocycles. The molecule has 5 nitrogen and oxygen atoms in total. The molecule has 0 unspecified atom stereocenters. The molecule has 3 rings (SSSR count). The van der Waals surface area contributed by atoms with Crippen LogP contribution in [0.3, 0.4) is 0 Å². The predicted molar refractivity (Wildman–Crippen MR) is 112 cm³/mol. The Morgan fingerprint density at radius 1 is 0.857 bits per heavy atom. The first-order valence-electron chi connectivity index (χ1n) is 8.88. The third-order valence-corrected chi connectivity index (χ3v) is 6.15. The molecule has 0 bridgehead atoms. The van der Waals surface area contributed by atoms with Crippen LogP contribution in [-0.2, 0) is 14.8 Å². The van der Waals surface area contributed by atoms with Crippen molar-refractivity contribution in [3.63, 3.8) is 0 Å². The number of amides is 1. The van der Waals surface area contributed by atoms with Gasteiger partial charge in [0.05, 0.1) is 10.6 Å². The zero-order valence-corrected chi connectivity index (χ0v) is 16.6. The zero-order valence-electron chi connectivity index (χ0n) is 15.8. The zero-order chi connectivity index (χ0) is 20.1. The average Bonchev–Trinajstić information content (AvgIpc) is 2.69. The van der Waals surface area contributed by atoms with Crippen LogP contribution >= 0.6 is 0 Å². The molecule has 0 saturated heterocycles. The normalized spacial score (nSPS) is 11.1. The number of nitrogens with zero attached hydrogens (tertiary/aromatic N) is 1. The fourth-order valence-electron chi connectivity index (χ4n) is 2.78. The molecule has 0 aliphatic rings. The summed E-state index contributed by atoms with van der Waals surface area (Å²) in [4.78, 5) is 12.8. The van der Waals surface area contributed by atoms with Crippen LogP contribution in [-0.4, -0.2) is 20.9 Å². The smallest absolute Gasteiger partial charge is 0.264 e. The molecule has 0 radical (unpaired) electrons. The Bertz CT molecular complexity index is 1060. The average molecular weight is 394 g/mol. The van der Waals surface area contributed by atoms with Gasteiger partial charge in [0.2, 0.25) is 5.91 Å². The molecule has 0 spiro atoms. The molecular formula is C22H22N2O3S. The maximum atomic E-state index is 13.2. The van der Waals surface area contributed by atoms with Crippen LogP contribution in [0.2, 0.25) is 0 Å². The standard InChI is InChI=1S/C22H22N2O3S/c1-17-12-14-20(15-13-17)28(26,27)24(19-9-4-3-5-10-19)16-22(25)23-21-11-7-6-8-18(21)2/h3-15H,16H2,1-2H3,(H,23,25). The SMILES string of the molecule is Cc1ccc(S(=O)(=O)N(CC(=O)Nc2ccccc2C)c2ccccc2)cc1. The first-order chi connectivity index (χ1) is 13.4. The summed E-state index contributed by atoms with van der Waals surface area (Å²) in [6.45, 7) is 3.45. The van der Waals surface area contributed by atoms with E-state index >= 15 is 0 Å². The lowest BCUT2D eigenvalue weighted by Crippen LogP contribution is -2.38. The molecule has 0 aliphatic carbocycles. The van der Waals surface area contributed by atoms with Gasteiger partial charge in [-0.25, -0.2) is 8.42 Å². The van der Waals surface area contributed by atoms with E-state index in [9.17, 15) is 13.2 Å². The number of carbonyl (C=O) groups is 1. The highest BCUT2D eigenvalue weighted by atomic mass is 32.2. The Kier molecular flexibility index (Phi) is 5.80. The first kappa shape index (κ1) is 19.6. The molecule has 0 saturated carbocycles. The lowest BCUT2D eigenvalue weighted by Gasteiger charge is -2.24. The van der Waals surface area contributed by atoms with Gasteiger partial charge in [-0.05, 0) is 49.7 Å². The van der Waals surface area contributed by atoms with Gasteiger partial charge < -0.3 is 5.32 Å². The van der Waals surface area contributed by atoms with Crippen molar-refractivity contribution in [2.24, 2.45) is 0 Å². The van der Waals surface area contributed by atoms with E-state index in [-0.39, 0.29) is 11.4 Å². The fraction of sp³-hybridized carbons (Fsp3) is 0.136. The van der Waals surface area contributed by atoms with E-state index in [2.05, 4.69) is 5.32 Å². The minimum atomic E-state index is -3.90. The fourth-order valence-corrected chi connectivity index (χ4v) is 4.20. The molecule has 3 aromatic rings. The number of aryl methyl sites for hydroxylation is 2. The van der Waals surface area contributed by atoms with Crippen LogP contribution < -0.4 is 9.62 Å². The van der Waals surface area contributed by atoms with Gasteiger partial charge in [-0.15, -0.1) is 0 Å². The number of hydrogen-bond donors (Lipinski definition) is 1. The van der Waals surface area contributed by atoms with Gasteiger partial charge in [-0.3, -0.25) is 9.10 Å². The maximum absolute atomic E-state index is 13.2. The summed E-state index contributed by atoms with van der Waals surface area (Å²) in [5.41, 5.74) is 2.96. The number of nitrogens with one attached hydrogen (secondary N) is 1. The van der Waals surface area contributed by atoms with Crippen LogP contribution in [0.5, 0.6) is 0 Å². The molecule has 0 aromatic heterocycles. The summed E-state index contributed by atoms with van der Waals surface area (Å²) in [5, 5.41) is 2.80. The molecule has 144 valence electrons. The van der Waals surface area contributed by atoms with Crippen molar-refractivity contribution in [2.45, 2.75) is 18.7 Å². The summed E-state index contributed by atoms with van der Waals surface area (Å²) in [5.74, 6) is -0.408. The monoisotopic (exact) mass is 394 g/mol. The second-order valence-electron chi connectivity index (χ2n) is 6.52. The van der Waals surface area contributed by atoms with Crippen molar-refractivity contribution in [3.8, 4) is 0 Å². The van der Waals surface area contributed by atoms with Gasteiger partial charge >= 0.3 is 0 Å². The molecular weight excluding hydrogens is 372 g/mol. The molecule has 6 heteroatoms. The van der Waals surface area contributed by atoms with Crippen molar-refractivity contribution in [1.29, 1.82) is 0 Å². The van der Waals surface area contributed by atoms with Crippen LogP contribution in [0.25, 0.3) is 0 Å². The summed E-state index contributed by atoms with van der Waals surface area (Å²) in [6, 6.07) is 22.6. The van der Waals surface area contributed by atoms with Gasteiger partial charge in [-0.2, -0.15) is 0 Å². The quantitative estimate of drug-likeness (QED) is 0.683. The maximum Gasteiger partial charge on any atom is 0.264 e. The van der Waals surface area contributed by atoms with Crippen LogP contribution in [0.4, 0.5) is 11.4 Å². The Balaban J connectivity index is 1.93. The minimum Gasteiger partial charge on any atom is -0.324 e. The molecule has 0 atom stereocenters. The summed E-state index contributed by atoms with van der Waals surface area (Å²) < 4.78 is 27.6. The molecule has 28 heavy (non-hydrogen) atoms. The van der Waals surface area contributed by atoms with Crippen LogP contribution in [0, 0.1) is 13.8 Å². The van der Waals surface area contributed by atoms with E-state index in [1.807, 2.05) is 32.0 Å².